The van der Waals surface area contributed by atoms with E-state index in [0.29, 0.717) is 0 Å². The van der Waals surface area contributed by atoms with Crippen molar-refractivity contribution in [3.63, 3.8) is 0 Å². The van der Waals surface area contributed by atoms with Crippen molar-refractivity contribution in [3.8, 4) is 0 Å². The van der Waals surface area contributed by atoms with Crippen molar-refractivity contribution < 1.29 is 34.0 Å². The molecule has 0 aromatic heterocycles. The van der Waals surface area contributed by atoms with Gasteiger partial charge in [-0.2, -0.15) is 0 Å². The molecular formula is C21H22O7. The van der Waals surface area contributed by atoms with Gasteiger partial charge in [0.05, 0.1) is 6.61 Å². The SMILES string of the molecule is CO[C@H]1O[C@@H]2COC(c3ccccc3)O[C@H]2[C@](O)(C(=O)c2ccccc2)[C@@H]1O. The highest BCUT2D eigenvalue weighted by atomic mass is 16.8. The Morgan fingerprint density at radius 2 is 1.71 bits per heavy atom. The molecule has 2 fully saturated rings. The summed E-state index contributed by atoms with van der Waals surface area (Å²) in [4.78, 5) is 13.2. The third-order valence-electron chi connectivity index (χ3n) is 5.17. The Balaban J connectivity index is 1.71. The highest BCUT2D eigenvalue weighted by Gasteiger charge is 2.62. The van der Waals surface area contributed by atoms with Crippen LogP contribution in [0.15, 0.2) is 60.7 Å². The molecule has 0 bridgehead atoms. The van der Waals surface area contributed by atoms with Gasteiger partial charge in [-0.1, -0.05) is 60.7 Å². The lowest BCUT2D eigenvalue weighted by atomic mass is 9.78. The maximum atomic E-state index is 13.2. The molecule has 2 aromatic carbocycles. The first-order chi connectivity index (χ1) is 13.6. The van der Waals surface area contributed by atoms with E-state index in [1.165, 1.54) is 7.11 Å². The van der Waals surface area contributed by atoms with Crippen LogP contribution in [0.3, 0.4) is 0 Å². The smallest absolute Gasteiger partial charge is 0.200 e. The van der Waals surface area contributed by atoms with Crippen LogP contribution in [0.4, 0.5) is 0 Å². The summed E-state index contributed by atoms with van der Waals surface area (Å²) < 4.78 is 22.5. The molecule has 2 N–H and O–H groups in total. The van der Waals surface area contributed by atoms with Gasteiger partial charge in [0.2, 0.25) is 0 Å². The number of hydrogen-bond acceptors (Lipinski definition) is 7. The van der Waals surface area contributed by atoms with Crippen LogP contribution >= 0.6 is 0 Å². The first-order valence-corrected chi connectivity index (χ1v) is 9.06. The van der Waals surface area contributed by atoms with Gasteiger partial charge in [0.1, 0.15) is 18.3 Å². The third kappa shape index (κ3) is 3.16. The summed E-state index contributed by atoms with van der Waals surface area (Å²) >= 11 is 0. The second-order valence-corrected chi connectivity index (χ2v) is 6.88. The van der Waals surface area contributed by atoms with E-state index < -0.39 is 42.3 Å². The molecule has 6 atom stereocenters. The molecule has 4 rings (SSSR count). The summed E-state index contributed by atoms with van der Waals surface area (Å²) in [7, 11) is 1.33. The number of rotatable bonds is 4. The van der Waals surface area contributed by atoms with E-state index >= 15 is 0 Å². The number of fused-ring (bicyclic) bond motifs is 1. The van der Waals surface area contributed by atoms with Crippen molar-refractivity contribution in [2.45, 2.75) is 36.5 Å². The third-order valence-corrected chi connectivity index (χ3v) is 5.17. The predicted molar refractivity (Wildman–Crippen MR) is 97.4 cm³/mol. The molecule has 2 heterocycles. The average molecular weight is 386 g/mol. The van der Waals surface area contributed by atoms with Gasteiger partial charge < -0.3 is 29.2 Å². The van der Waals surface area contributed by atoms with Crippen LogP contribution in [-0.4, -0.2) is 59.9 Å². The van der Waals surface area contributed by atoms with Crippen molar-refractivity contribution in [3.05, 3.63) is 71.8 Å². The average Bonchev–Trinajstić information content (AvgIpc) is 2.76. The number of ketones is 1. The zero-order chi connectivity index (χ0) is 19.7. The summed E-state index contributed by atoms with van der Waals surface area (Å²) in [6.45, 7) is 0.0706. The Morgan fingerprint density at radius 1 is 1.07 bits per heavy atom. The molecule has 0 amide bonds. The monoisotopic (exact) mass is 386 g/mol. The quantitative estimate of drug-likeness (QED) is 0.768. The number of aliphatic hydroxyl groups excluding tert-OH is 1. The first kappa shape index (κ1) is 19.2. The van der Waals surface area contributed by atoms with E-state index in [1.807, 2.05) is 30.3 Å². The topological polar surface area (TPSA) is 94.5 Å². The second kappa shape index (κ2) is 7.71. The number of aliphatic hydroxyl groups is 2. The van der Waals surface area contributed by atoms with E-state index in [1.54, 1.807) is 30.3 Å². The number of benzene rings is 2. The molecule has 2 saturated heterocycles. The Bertz CT molecular complexity index is 812. The predicted octanol–water partition coefficient (Wildman–Crippen LogP) is 1.45. The van der Waals surface area contributed by atoms with Gasteiger partial charge in [0.15, 0.2) is 24.0 Å². The van der Waals surface area contributed by atoms with E-state index in [-0.39, 0.29) is 12.2 Å². The van der Waals surface area contributed by atoms with Crippen molar-refractivity contribution >= 4 is 5.78 Å². The number of Topliss-reactive ketones (excluding diaryl/α,β-unsaturated/α-hetero) is 1. The Labute approximate surface area is 162 Å². The van der Waals surface area contributed by atoms with Crippen LogP contribution in [0, 0.1) is 0 Å². The molecule has 0 spiro atoms. The molecule has 7 heteroatoms. The zero-order valence-electron chi connectivity index (χ0n) is 15.3. The molecule has 1 unspecified atom stereocenters. The summed E-state index contributed by atoms with van der Waals surface area (Å²) in [6.07, 6.45) is -5.56. The van der Waals surface area contributed by atoms with E-state index in [9.17, 15) is 15.0 Å². The number of carbonyl (C=O) groups excluding carboxylic acids is 1. The first-order valence-electron chi connectivity index (χ1n) is 9.06. The Kier molecular flexibility index (Phi) is 5.29. The minimum absolute atomic E-state index is 0.0706. The maximum absolute atomic E-state index is 13.2. The van der Waals surface area contributed by atoms with Gasteiger partial charge >= 0.3 is 0 Å². The van der Waals surface area contributed by atoms with Gasteiger partial charge in [0.25, 0.3) is 0 Å². The number of ether oxygens (including phenoxy) is 4. The minimum atomic E-state index is -2.26. The molecule has 28 heavy (non-hydrogen) atoms. The highest BCUT2D eigenvalue weighted by molar-refractivity contribution is 6.03. The fourth-order valence-electron chi connectivity index (χ4n) is 3.70. The lowest BCUT2D eigenvalue weighted by molar-refractivity contribution is -0.372. The maximum Gasteiger partial charge on any atom is 0.200 e. The Hall–Kier alpha value is -2.13. The summed E-state index contributed by atoms with van der Waals surface area (Å²) in [5, 5.41) is 22.3. The standard InChI is InChI=1S/C21H22O7/c1-25-20-17(23)21(24,16(22)13-8-4-2-5-9-13)18-15(27-20)12-26-19(28-18)14-10-6-3-7-11-14/h2-11,15,17-20,23-24H,12H2,1H3/t15-,17-,18-,19?,20+,21+/m1/s1. The molecule has 2 aliphatic heterocycles. The van der Waals surface area contributed by atoms with Gasteiger partial charge in [-0.05, 0) is 0 Å². The van der Waals surface area contributed by atoms with E-state index in [2.05, 4.69) is 0 Å². The van der Waals surface area contributed by atoms with Gasteiger partial charge in [-0.25, -0.2) is 0 Å². The minimum Gasteiger partial charge on any atom is -0.384 e. The van der Waals surface area contributed by atoms with Gasteiger partial charge in [-0.15, -0.1) is 0 Å². The van der Waals surface area contributed by atoms with Crippen molar-refractivity contribution in [2.24, 2.45) is 0 Å². The van der Waals surface area contributed by atoms with Crippen molar-refractivity contribution in [2.75, 3.05) is 13.7 Å². The Morgan fingerprint density at radius 3 is 2.36 bits per heavy atom. The summed E-state index contributed by atoms with van der Waals surface area (Å²) in [6, 6.07) is 17.5. The van der Waals surface area contributed by atoms with Crippen LogP contribution in [-0.2, 0) is 18.9 Å². The second-order valence-electron chi connectivity index (χ2n) is 6.88. The molecule has 0 aliphatic carbocycles. The van der Waals surface area contributed by atoms with Crippen LogP contribution in [0.25, 0.3) is 0 Å². The molecule has 0 saturated carbocycles. The van der Waals surface area contributed by atoms with E-state index in [0.717, 1.165) is 5.56 Å². The molecular weight excluding hydrogens is 364 g/mol. The van der Waals surface area contributed by atoms with Crippen LogP contribution in [0.2, 0.25) is 0 Å². The van der Waals surface area contributed by atoms with Gasteiger partial charge in [-0.3, -0.25) is 4.79 Å². The van der Waals surface area contributed by atoms with Gasteiger partial charge in [0, 0.05) is 18.2 Å². The number of methoxy groups -OCH3 is 1. The molecule has 2 aromatic rings. The normalized spacial score (nSPS) is 35.2. The van der Waals surface area contributed by atoms with Crippen LogP contribution in [0.1, 0.15) is 22.2 Å². The lowest BCUT2D eigenvalue weighted by Crippen LogP contribution is -2.72. The summed E-state index contributed by atoms with van der Waals surface area (Å²) in [5.74, 6) is -0.658. The fourth-order valence-corrected chi connectivity index (χ4v) is 3.70. The van der Waals surface area contributed by atoms with Crippen molar-refractivity contribution in [1.29, 1.82) is 0 Å². The molecule has 7 nitrogen and oxygen atoms in total. The zero-order valence-corrected chi connectivity index (χ0v) is 15.3. The molecule has 0 radical (unpaired) electrons. The van der Waals surface area contributed by atoms with Crippen LogP contribution in [0.5, 0.6) is 0 Å². The fraction of sp³-hybridized carbons (Fsp3) is 0.381. The largest absolute Gasteiger partial charge is 0.384 e. The lowest BCUT2D eigenvalue weighted by Gasteiger charge is -2.51. The number of carbonyl (C=O) groups is 1. The van der Waals surface area contributed by atoms with Crippen molar-refractivity contribution in [1.82, 2.24) is 0 Å². The molecule has 148 valence electrons. The number of hydrogen-bond donors (Lipinski definition) is 2. The van der Waals surface area contributed by atoms with Crippen LogP contribution < -0.4 is 0 Å². The molecule has 2 aliphatic rings. The highest BCUT2D eigenvalue weighted by Crippen LogP contribution is 2.41. The van der Waals surface area contributed by atoms with E-state index in [4.69, 9.17) is 18.9 Å². The summed E-state index contributed by atoms with van der Waals surface area (Å²) in [5.41, 5.74) is -1.27.